The van der Waals surface area contributed by atoms with Gasteiger partial charge in [-0.15, -0.1) is 0 Å². The number of fused-ring (bicyclic) bond motifs is 1. The number of benzene rings is 2. The van der Waals surface area contributed by atoms with E-state index in [0.717, 1.165) is 50.3 Å². The monoisotopic (exact) mass is 324 g/mol. The molecule has 1 unspecified atom stereocenters. The number of carbonyl (C=O) groups excluding carboxylic acids is 1. The lowest BCUT2D eigenvalue weighted by molar-refractivity contribution is 0.0433. The summed E-state index contributed by atoms with van der Waals surface area (Å²) in [5.74, 6) is 0.150. The highest BCUT2D eigenvalue weighted by Crippen LogP contribution is 2.18. The third kappa shape index (κ3) is 3.30. The fourth-order valence-electron chi connectivity index (χ4n) is 3.71. The molecule has 126 valence electrons. The Morgan fingerprint density at radius 3 is 2.58 bits per heavy atom. The van der Waals surface area contributed by atoms with E-state index in [0.29, 0.717) is 6.10 Å². The third-order valence-corrected chi connectivity index (χ3v) is 5.14. The zero-order chi connectivity index (χ0) is 16.4. The number of rotatable bonds is 3. The second-order valence-electron chi connectivity index (χ2n) is 6.79. The lowest BCUT2D eigenvalue weighted by Gasteiger charge is -2.35. The van der Waals surface area contributed by atoms with E-state index in [1.165, 1.54) is 18.2 Å². The van der Waals surface area contributed by atoms with Gasteiger partial charge in [-0.3, -0.25) is 9.69 Å². The molecule has 2 aliphatic heterocycles. The number of carbonyl (C=O) groups is 1. The highest BCUT2D eigenvalue weighted by Gasteiger charge is 2.25. The molecule has 4 rings (SSSR count). The second-order valence-corrected chi connectivity index (χ2v) is 6.79. The molecule has 0 spiro atoms. The van der Waals surface area contributed by atoms with Crippen LogP contribution in [0.5, 0.6) is 0 Å². The maximum absolute atomic E-state index is 12.8. The third-order valence-electron chi connectivity index (χ3n) is 5.14. The van der Waals surface area contributed by atoms with E-state index in [2.05, 4.69) is 17.0 Å². The van der Waals surface area contributed by atoms with Gasteiger partial charge in [0.05, 0.1) is 6.10 Å². The number of hydrogen-bond donors (Lipinski definition) is 0. The molecule has 0 bridgehead atoms. The van der Waals surface area contributed by atoms with Gasteiger partial charge in [-0.05, 0) is 35.7 Å². The Kier molecular flexibility index (Phi) is 4.50. The van der Waals surface area contributed by atoms with Gasteiger partial charge in [0.25, 0.3) is 5.91 Å². The molecule has 2 fully saturated rings. The van der Waals surface area contributed by atoms with Gasteiger partial charge < -0.3 is 9.64 Å². The molecule has 1 amide bonds. The predicted molar refractivity (Wildman–Crippen MR) is 95.3 cm³/mol. The Hall–Kier alpha value is -1.91. The first-order valence-corrected chi connectivity index (χ1v) is 8.92. The van der Waals surface area contributed by atoms with E-state index in [1.807, 2.05) is 35.2 Å². The summed E-state index contributed by atoms with van der Waals surface area (Å²) in [5, 5.41) is 2.30. The van der Waals surface area contributed by atoms with E-state index in [9.17, 15) is 4.79 Å². The van der Waals surface area contributed by atoms with E-state index in [1.54, 1.807) is 0 Å². The van der Waals surface area contributed by atoms with Crippen molar-refractivity contribution in [1.29, 1.82) is 0 Å². The first-order chi connectivity index (χ1) is 11.8. The maximum Gasteiger partial charge on any atom is 0.253 e. The molecule has 0 aliphatic carbocycles. The molecule has 4 nitrogen and oxygen atoms in total. The highest BCUT2D eigenvalue weighted by atomic mass is 16.5. The number of hydrogen-bond acceptors (Lipinski definition) is 3. The summed E-state index contributed by atoms with van der Waals surface area (Å²) in [4.78, 5) is 17.2. The van der Waals surface area contributed by atoms with Crippen LogP contribution >= 0.6 is 0 Å². The van der Waals surface area contributed by atoms with E-state index in [4.69, 9.17) is 4.74 Å². The quantitative estimate of drug-likeness (QED) is 0.870. The van der Waals surface area contributed by atoms with Crippen molar-refractivity contribution in [2.75, 3.05) is 39.3 Å². The van der Waals surface area contributed by atoms with Crippen LogP contribution in [0.25, 0.3) is 10.8 Å². The minimum absolute atomic E-state index is 0.150. The van der Waals surface area contributed by atoms with Crippen molar-refractivity contribution in [1.82, 2.24) is 9.80 Å². The van der Waals surface area contributed by atoms with Crippen LogP contribution < -0.4 is 0 Å². The average Bonchev–Trinajstić information content (AvgIpc) is 3.14. The Bertz CT molecular complexity index is 716. The Labute approximate surface area is 143 Å². The zero-order valence-corrected chi connectivity index (χ0v) is 14.0. The largest absolute Gasteiger partial charge is 0.377 e. The molecule has 2 saturated heterocycles. The smallest absolute Gasteiger partial charge is 0.253 e. The fraction of sp³-hybridized carbons (Fsp3) is 0.450. The molecule has 0 radical (unpaired) electrons. The van der Waals surface area contributed by atoms with E-state index >= 15 is 0 Å². The van der Waals surface area contributed by atoms with Gasteiger partial charge in [-0.1, -0.05) is 30.3 Å². The normalized spacial score (nSPS) is 22.2. The van der Waals surface area contributed by atoms with Crippen LogP contribution in [-0.4, -0.2) is 61.1 Å². The molecule has 4 heteroatoms. The van der Waals surface area contributed by atoms with Gasteiger partial charge in [-0.2, -0.15) is 0 Å². The lowest BCUT2D eigenvalue weighted by atomic mass is 10.1. The van der Waals surface area contributed by atoms with Gasteiger partial charge in [0.1, 0.15) is 0 Å². The molecule has 1 atom stereocenters. The minimum Gasteiger partial charge on any atom is -0.377 e. The summed E-state index contributed by atoms with van der Waals surface area (Å²) < 4.78 is 5.72. The molecule has 0 aromatic heterocycles. The second kappa shape index (κ2) is 6.91. The van der Waals surface area contributed by atoms with Gasteiger partial charge in [0.15, 0.2) is 0 Å². The van der Waals surface area contributed by atoms with E-state index < -0.39 is 0 Å². The lowest BCUT2D eigenvalue weighted by Crippen LogP contribution is -2.50. The van der Waals surface area contributed by atoms with Crippen LogP contribution in [0.1, 0.15) is 23.2 Å². The van der Waals surface area contributed by atoms with Gasteiger partial charge in [0.2, 0.25) is 0 Å². The summed E-state index contributed by atoms with van der Waals surface area (Å²) in [6.45, 7) is 5.41. The SMILES string of the molecule is O=C(c1ccc2ccccc2c1)N1CCN(CC2CCCO2)CC1. The predicted octanol–water partition coefficient (Wildman–Crippen LogP) is 2.78. The van der Waals surface area contributed by atoms with Crippen LogP contribution in [0.4, 0.5) is 0 Å². The molecule has 2 aromatic carbocycles. The summed E-state index contributed by atoms with van der Waals surface area (Å²) in [7, 11) is 0. The molecule has 2 heterocycles. The summed E-state index contributed by atoms with van der Waals surface area (Å²) in [6.07, 6.45) is 2.76. The molecular formula is C20H24N2O2. The molecule has 24 heavy (non-hydrogen) atoms. The first kappa shape index (κ1) is 15.6. The van der Waals surface area contributed by atoms with Crippen LogP contribution in [0.2, 0.25) is 0 Å². The number of amides is 1. The highest BCUT2D eigenvalue weighted by molar-refractivity contribution is 5.98. The van der Waals surface area contributed by atoms with E-state index in [-0.39, 0.29) is 5.91 Å². The zero-order valence-electron chi connectivity index (χ0n) is 14.0. The Balaban J connectivity index is 1.38. The van der Waals surface area contributed by atoms with Crippen LogP contribution in [0.15, 0.2) is 42.5 Å². The number of nitrogens with zero attached hydrogens (tertiary/aromatic N) is 2. The van der Waals surface area contributed by atoms with Crippen molar-refractivity contribution in [3.05, 3.63) is 48.0 Å². The maximum atomic E-state index is 12.8. The van der Waals surface area contributed by atoms with Crippen molar-refractivity contribution in [2.45, 2.75) is 18.9 Å². The molecule has 0 saturated carbocycles. The summed E-state index contributed by atoms with van der Waals surface area (Å²) >= 11 is 0. The fourth-order valence-corrected chi connectivity index (χ4v) is 3.71. The van der Waals surface area contributed by atoms with Gasteiger partial charge in [-0.25, -0.2) is 0 Å². The van der Waals surface area contributed by atoms with Crippen LogP contribution in [0.3, 0.4) is 0 Å². The average molecular weight is 324 g/mol. The van der Waals surface area contributed by atoms with Crippen LogP contribution in [-0.2, 0) is 4.74 Å². The molecule has 2 aliphatic rings. The first-order valence-electron chi connectivity index (χ1n) is 8.92. The Morgan fingerprint density at radius 1 is 1.04 bits per heavy atom. The van der Waals surface area contributed by atoms with Gasteiger partial charge >= 0.3 is 0 Å². The molecular weight excluding hydrogens is 300 g/mol. The topological polar surface area (TPSA) is 32.8 Å². The number of ether oxygens (including phenoxy) is 1. The van der Waals surface area contributed by atoms with Crippen molar-refractivity contribution < 1.29 is 9.53 Å². The van der Waals surface area contributed by atoms with Crippen molar-refractivity contribution >= 4 is 16.7 Å². The molecule has 2 aromatic rings. The van der Waals surface area contributed by atoms with Crippen molar-refractivity contribution in [3.63, 3.8) is 0 Å². The summed E-state index contributed by atoms with van der Waals surface area (Å²) in [5.41, 5.74) is 0.793. The number of piperazine rings is 1. The standard InChI is InChI=1S/C20H24N2O2/c23-20(18-8-7-16-4-1-2-5-17(16)14-18)22-11-9-21(10-12-22)15-19-6-3-13-24-19/h1-2,4-5,7-8,14,19H,3,6,9-13,15H2. The van der Waals surface area contributed by atoms with Crippen LogP contribution in [0, 0.1) is 0 Å². The van der Waals surface area contributed by atoms with Crippen molar-refractivity contribution in [2.24, 2.45) is 0 Å². The molecule has 0 N–H and O–H groups in total. The van der Waals surface area contributed by atoms with Gasteiger partial charge in [0, 0.05) is 44.9 Å². The Morgan fingerprint density at radius 2 is 1.83 bits per heavy atom. The van der Waals surface area contributed by atoms with Crippen molar-refractivity contribution in [3.8, 4) is 0 Å². The summed E-state index contributed by atoms with van der Waals surface area (Å²) in [6, 6.07) is 14.2. The minimum atomic E-state index is 0.150.